The molecule has 0 aromatic heterocycles. The molecule has 3 heteroatoms. The molecule has 2 atom stereocenters. The number of nitrogens with two attached hydrogens (primary N) is 1. The van der Waals surface area contributed by atoms with Gasteiger partial charge in [-0.1, -0.05) is 42.8 Å². The maximum Gasteiger partial charge on any atom is 0.0511 e. The van der Waals surface area contributed by atoms with Gasteiger partial charge in [0.25, 0.3) is 0 Å². The Morgan fingerprint density at radius 3 is 2.33 bits per heavy atom. The molecule has 2 nitrogen and oxygen atoms in total. The van der Waals surface area contributed by atoms with Crippen molar-refractivity contribution < 1.29 is 0 Å². The Hall–Kier alpha value is -1.51. The van der Waals surface area contributed by atoms with Crippen LogP contribution in [0.4, 0.5) is 5.69 Å². The van der Waals surface area contributed by atoms with Gasteiger partial charge >= 0.3 is 0 Å². The maximum atomic E-state index is 6.08. The van der Waals surface area contributed by atoms with Crippen LogP contribution >= 0.6 is 11.6 Å². The SMILES string of the molecule is CCC(N)c1ccc(N(C)C(C)c2cccc(Cl)c2)cc1. The summed E-state index contributed by atoms with van der Waals surface area (Å²) in [6.07, 6.45) is 0.952. The molecular formula is C18H23ClN2. The van der Waals surface area contributed by atoms with Crippen LogP contribution < -0.4 is 10.6 Å². The van der Waals surface area contributed by atoms with Crippen LogP contribution in [0.15, 0.2) is 48.5 Å². The van der Waals surface area contributed by atoms with Gasteiger partial charge < -0.3 is 10.6 Å². The van der Waals surface area contributed by atoms with E-state index >= 15 is 0 Å². The highest BCUT2D eigenvalue weighted by Crippen LogP contribution is 2.27. The second-order valence-electron chi connectivity index (χ2n) is 5.45. The molecular weight excluding hydrogens is 280 g/mol. The molecule has 0 saturated heterocycles. The van der Waals surface area contributed by atoms with Crippen LogP contribution in [0, 0.1) is 0 Å². The van der Waals surface area contributed by atoms with Crippen LogP contribution in [0.2, 0.25) is 5.02 Å². The van der Waals surface area contributed by atoms with Crippen molar-refractivity contribution in [1.29, 1.82) is 0 Å². The zero-order valence-electron chi connectivity index (χ0n) is 12.9. The molecule has 0 spiro atoms. The minimum Gasteiger partial charge on any atom is -0.368 e. The summed E-state index contributed by atoms with van der Waals surface area (Å²) in [5, 5.41) is 0.775. The second-order valence-corrected chi connectivity index (χ2v) is 5.88. The number of benzene rings is 2. The van der Waals surface area contributed by atoms with Crippen molar-refractivity contribution in [2.24, 2.45) is 5.73 Å². The fraction of sp³-hybridized carbons (Fsp3) is 0.333. The van der Waals surface area contributed by atoms with Gasteiger partial charge in [-0.3, -0.25) is 0 Å². The van der Waals surface area contributed by atoms with Crippen LogP contribution in [-0.4, -0.2) is 7.05 Å². The van der Waals surface area contributed by atoms with Gasteiger partial charge in [-0.25, -0.2) is 0 Å². The number of nitrogens with zero attached hydrogens (tertiary/aromatic N) is 1. The first-order chi connectivity index (χ1) is 10.0. The summed E-state index contributed by atoms with van der Waals surface area (Å²) in [6, 6.07) is 16.9. The number of rotatable bonds is 5. The summed E-state index contributed by atoms with van der Waals surface area (Å²) in [5.74, 6) is 0. The Labute approximate surface area is 132 Å². The van der Waals surface area contributed by atoms with E-state index in [1.54, 1.807) is 0 Å². The van der Waals surface area contributed by atoms with Gasteiger partial charge in [0.05, 0.1) is 6.04 Å². The van der Waals surface area contributed by atoms with E-state index in [1.165, 1.54) is 16.8 Å². The average Bonchev–Trinajstić information content (AvgIpc) is 2.53. The number of hydrogen-bond acceptors (Lipinski definition) is 2. The van der Waals surface area contributed by atoms with Gasteiger partial charge in [0.15, 0.2) is 0 Å². The molecule has 0 amide bonds. The molecule has 2 rings (SSSR count). The molecule has 112 valence electrons. The lowest BCUT2D eigenvalue weighted by Gasteiger charge is -2.28. The molecule has 0 bridgehead atoms. The highest BCUT2D eigenvalue weighted by atomic mass is 35.5. The van der Waals surface area contributed by atoms with Crippen molar-refractivity contribution in [3.63, 3.8) is 0 Å². The molecule has 0 aliphatic heterocycles. The minimum absolute atomic E-state index is 0.120. The highest BCUT2D eigenvalue weighted by Gasteiger charge is 2.13. The molecule has 2 N–H and O–H groups in total. The van der Waals surface area contributed by atoms with Crippen molar-refractivity contribution >= 4 is 17.3 Å². The minimum atomic E-state index is 0.120. The van der Waals surface area contributed by atoms with Gasteiger partial charge in [-0.15, -0.1) is 0 Å². The summed E-state index contributed by atoms with van der Waals surface area (Å²) in [4.78, 5) is 2.24. The first kappa shape index (κ1) is 15.9. The zero-order valence-corrected chi connectivity index (χ0v) is 13.6. The van der Waals surface area contributed by atoms with Gasteiger partial charge in [0.1, 0.15) is 0 Å². The smallest absolute Gasteiger partial charge is 0.0511 e. The lowest BCUT2D eigenvalue weighted by Crippen LogP contribution is -2.21. The van der Waals surface area contributed by atoms with Crippen molar-refractivity contribution in [2.45, 2.75) is 32.4 Å². The third-order valence-corrected chi connectivity index (χ3v) is 4.32. The molecule has 0 saturated carbocycles. The lowest BCUT2D eigenvalue weighted by atomic mass is 10.0. The van der Waals surface area contributed by atoms with Gasteiger partial charge in [-0.05, 0) is 48.7 Å². The van der Waals surface area contributed by atoms with Gasteiger partial charge in [-0.2, -0.15) is 0 Å². The van der Waals surface area contributed by atoms with E-state index in [9.17, 15) is 0 Å². The van der Waals surface area contributed by atoms with E-state index in [4.69, 9.17) is 17.3 Å². The zero-order chi connectivity index (χ0) is 15.4. The summed E-state index contributed by atoms with van der Waals surface area (Å²) < 4.78 is 0. The Bertz CT molecular complexity index is 580. The molecule has 2 aromatic carbocycles. The molecule has 0 aliphatic carbocycles. The summed E-state index contributed by atoms with van der Waals surface area (Å²) in [6.45, 7) is 4.28. The Kier molecular flexibility index (Phi) is 5.27. The monoisotopic (exact) mass is 302 g/mol. The third-order valence-electron chi connectivity index (χ3n) is 4.08. The Morgan fingerprint density at radius 2 is 1.76 bits per heavy atom. The van der Waals surface area contributed by atoms with E-state index < -0.39 is 0 Å². The highest BCUT2D eigenvalue weighted by molar-refractivity contribution is 6.30. The van der Waals surface area contributed by atoms with Crippen LogP contribution in [0.3, 0.4) is 0 Å². The topological polar surface area (TPSA) is 29.3 Å². The van der Waals surface area contributed by atoms with Crippen LogP contribution in [0.1, 0.15) is 43.5 Å². The summed E-state index contributed by atoms with van der Waals surface area (Å²) in [5.41, 5.74) is 9.63. The number of halogens is 1. The molecule has 0 fully saturated rings. The fourth-order valence-corrected chi connectivity index (χ4v) is 2.60. The molecule has 0 aliphatic rings. The van der Waals surface area contributed by atoms with Crippen LogP contribution in [-0.2, 0) is 0 Å². The Morgan fingerprint density at radius 1 is 1.10 bits per heavy atom. The quantitative estimate of drug-likeness (QED) is 0.847. The first-order valence-electron chi connectivity index (χ1n) is 7.36. The van der Waals surface area contributed by atoms with Crippen molar-refractivity contribution in [2.75, 3.05) is 11.9 Å². The predicted octanol–water partition coefficient (Wildman–Crippen LogP) is 4.95. The third kappa shape index (κ3) is 3.78. The first-order valence-corrected chi connectivity index (χ1v) is 7.74. The molecule has 0 heterocycles. The van der Waals surface area contributed by atoms with E-state index in [1.807, 2.05) is 18.2 Å². The van der Waals surface area contributed by atoms with E-state index in [0.717, 1.165) is 11.4 Å². The van der Waals surface area contributed by atoms with Crippen LogP contribution in [0.25, 0.3) is 0 Å². The van der Waals surface area contributed by atoms with Gasteiger partial charge in [0.2, 0.25) is 0 Å². The van der Waals surface area contributed by atoms with Crippen molar-refractivity contribution in [3.05, 3.63) is 64.7 Å². The summed E-state index contributed by atoms with van der Waals surface area (Å²) in [7, 11) is 2.10. The Balaban J connectivity index is 2.17. The maximum absolute atomic E-state index is 6.08. The van der Waals surface area contributed by atoms with E-state index in [2.05, 4.69) is 56.1 Å². The van der Waals surface area contributed by atoms with Crippen LogP contribution in [0.5, 0.6) is 0 Å². The molecule has 21 heavy (non-hydrogen) atoms. The second kappa shape index (κ2) is 6.97. The molecule has 2 unspecified atom stereocenters. The lowest BCUT2D eigenvalue weighted by molar-refractivity contribution is 0.697. The van der Waals surface area contributed by atoms with E-state index in [0.29, 0.717) is 0 Å². The normalized spacial score (nSPS) is 13.8. The average molecular weight is 303 g/mol. The van der Waals surface area contributed by atoms with Gasteiger partial charge in [0, 0.05) is 23.8 Å². The van der Waals surface area contributed by atoms with Crippen molar-refractivity contribution in [1.82, 2.24) is 0 Å². The largest absolute Gasteiger partial charge is 0.368 e. The number of anilines is 1. The standard InChI is InChI=1S/C18H23ClN2/c1-4-18(20)14-8-10-17(11-9-14)21(3)13(2)15-6-5-7-16(19)12-15/h5-13,18H,4,20H2,1-3H3. The fourth-order valence-electron chi connectivity index (χ4n) is 2.41. The summed E-state index contributed by atoms with van der Waals surface area (Å²) >= 11 is 6.08. The van der Waals surface area contributed by atoms with E-state index in [-0.39, 0.29) is 12.1 Å². The molecule has 2 aromatic rings. The molecule has 0 radical (unpaired) electrons. The predicted molar refractivity (Wildman–Crippen MR) is 91.9 cm³/mol. The number of hydrogen-bond donors (Lipinski definition) is 1. The van der Waals surface area contributed by atoms with Crippen molar-refractivity contribution in [3.8, 4) is 0 Å².